The molecule has 20 heavy (non-hydrogen) atoms. The molecule has 2 heterocycles. The molecule has 1 aromatic heterocycles. The van der Waals surface area contributed by atoms with Crippen molar-refractivity contribution >= 4 is 0 Å². The summed E-state index contributed by atoms with van der Waals surface area (Å²) in [6, 6.07) is 15.4. The summed E-state index contributed by atoms with van der Waals surface area (Å²) < 4.78 is 2.36. The van der Waals surface area contributed by atoms with Crippen LogP contribution >= 0.6 is 0 Å². The Labute approximate surface area is 120 Å². The number of aliphatic hydroxyl groups excluding tert-OH is 1. The fourth-order valence-corrected chi connectivity index (χ4v) is 3.12. The lowest BCUT2D eigenvalue weighted by atomic mass is 9.99. The molecule has 1 N–H and O–H groups in total. The van der Waals surface area contributed by atoms with Crippen LogP contribution in [0.5, 0.6) is 0 Å². The zero-order valence-corrected chi connectivity index (χ0v) is 11.8. The Balaban J connectivity index is 1.87. The van der Waals surface area contributed by atoms with Gasteiger partial charge in [-0.2, -0.15) is 0 Å². The van der Waals surface area contributed by atoms with Crippen molar-refractivity contribution in [2.24, 2.45) is 0 Å². The quantitative estimate of drug-likeness (QED) is 0.846. The van der Waals surface area contributed by atoms with Crippen LogP contribution in [0.15, 0.2) is 48.7 Å². The second kappa shape index (κ2) is 6.25. The molecule has 1 aliphatic rings. The van der Waals surface area contributed by atoms with Crippen molar-refractivity contribution in [1.29, 1.82) is 0 Å². The summed E-state index contributed by atoms with van der Waals surface area (Å²) in [7, 11) is 0. The third-order valence-corrected chi connectivity index (χ3v) is 4.11. The lowest BCUT2D eigenvalue weighted by Gasteiger charge is -2.37. The van der Waals surface area contributed by atoms with Crippen molar-refractivity contribution in [3.05, 3.63) is 59.9 Å². The lowest BCUT2D eigenvalue weighted by Crippen LogP contribution is -2.39. The van der Waals surface area contributed by atoms with E-state index in [1.165, 1.54) is 11.3 Å². The molecule has 1 aromatic carbocycles. The number of fused-ring (bicyclic) bond motifs is 1. The molecule has 2 aromatic rings. The number of rotatable bonds is 5. The molecule has 1 aliphatic heterocycles. The third kappa shape index (κ3) is 2.65. The van der Waals surface area contributed by atoms with Gasteiger partial charge in [-0.05, 0) is 37.1 Å². The number of hydrogen-bond donors (Lipinski definition) is 1. The van der Waals surface area contributed by atoms with Gasteiger partial charge in [0.2, 0.25) is 0 Å². The Morgan fingerprint density at radius 1 is 1.00 bits per heavy atom. The van der Waals surface area contributed by atoms with Gasteiger partial charge < -0.3 is 9.67 Å². The summed E-state index contributed by atoms with van der Waals surface area (Å²) in [5, 5.41) is 8.98. The smallest absolute Gasteiger partial charge is 0.0756 e. The highest BCUT2D eigenvalue weighted by molar-refractivity contribution is 5.30. The van der Waals surface area contributed by atoms with Gasteiger partial charge in [-0.15, -0.1) is 0 Å². The predicted octanol–water partition coefficient (Wildman–Crippen LogP) is 2.67. The molecule has 0 amide bonds. The fourth-order valence-electron chi connectivity index (χ4n) is 3.12. The average molecular weight is 270 g/mol. The Hall–Kier alpha value is -1.58. The molecule has 0 radical (unpaired) electrons. The molecule has 3 nitrogen and oxygen atoms in total. The highest BCUT2D eigenvalue weighted by Crippen LogP contribution is 2.32. The highest BCUT2D eigenvalue weighted by atomic mass is 16.2. The summed E-state index contributed by atoms with van der Waals surface area (Å²) in [5.41, 5.74) is 2.74. The summed E-state index contributed by atoms with van der Waals surface area (Å²) in [5.74, 6) is 0. The number of aromatic nitrogens is 1. The number of nitrogens with zero attached hydrogens (tertiary/aromatic N) is 2. The standard InChI is InChI=1S/C17H22N2O/c20-14-5-4-10-19-13-12-18-11-6-9-16(18)17(19)15-7-2-1-3-8-15/h1-3,6-9,11,17,20H,4-5,10,12-14H2. The molecule has 106 valence electrons. The van der Waals surface area contributed by atoms with Crippen LogP contribution in [0.3, 0.4) is 0 Å². The normalized spacial score (nSPS) is 18.9. The van der Waals surface area contributed by atoms with Crippen molar-refractivity contribution in [3.63, 3.8) is 0 Å². The molecule has 0 fully saturated rings. The largest absolute Gasteiger partial charge is 0.396 e. The van der Waals surface area contributed by atoms with E-state index in [-0.39, 0.29) is 0 Å². The van der Waals surface area contributed by atoms with Crippen molar-refractivity contribution in [3.8, 4) is 0 Å². The minimum Gasteiger partial charge on any atom is -0.396 e. The van der Waals surface area contributed by atoms with Gasteiger partial charge in [0.05, 0.1) is 6.04 Å². The van der Waals surface area contributed by atoms with E-state index in [2.05, 4.69) is 58.1 Å². The first-order chi connectivity index (χ1) is 9.90. The maximum absolute atomic E-state index is 8.98. The van der Waals surface area contributed by atoms with Crippen molar-refractivity contribution in [2.45, 2.75) is 25.4 Å². The molecule has 3 rings (SSSR count). The van der Waals surface area contributed by atoms with Crippen LogP contribution in [0.4, 0.5) is 0 Å². The van der Waals surface area contributed by atoms with Crippen LogP contribution in [-0.2, 0) is 6.54 Å². The average Bonchev–Trinajstić information content (AvgIpc) is 2.96. The van der Waals surface area contributed by atoms with Crippen LogP contribution in [0.2, 0.25) is 0 Å². The molecule has 1 unspecified atom stereocenters. The van der Waals surface area contributed by atoms with Crippen molar-refractivity contribution in [2.75, 3.05) is 19.7 Å². The maximum Gasteiger partial charge on any atom is 0.0756 e. The molecule has 3 heteroatoms. The third-order valence-electron chi connectivity index (χ3n) is 4.11. The predicted molar refractivity (Wildman–Crippen MR) is 80.6 cm³/mol. The van der Waals surface area contributed by atoms with E-state index < -0.39 is 0 Å². The molecule has 0 spiro atoms. The van der Waals surface area contributed by atoms with Gasteiger partial charge in [-0.25, -0.2) is 0 Å². The monoisotopic (exact) mass is 270 g/mol. The molecule has 0 aliphatic carbocycles. The number of unbranched alkanes of at least 4 members (excludes halogenated alkanes) is 1. The zero-order valence-electron chi connectivity index (χ0n) is 11.8. The number of aliphatic hydroxyl groups is 1. The Morgan fingerprint density at radius 2 is 1.85 bits per heavy atom. The molecule has 0 bridgehead atoms. The van der Waals surface area contributed by atoms with Gasteiger partial charge >= 0.3 is 0 Å². The summed E-state index contributed by atoms with van der Waals surface area (Å²) in [4.78, 5) is 2.54. The molecule has 0 saturated heterocycles. The fraction of sp³-hybridized carbons (Fsp3) is 0.412. The van der Waals surface area contributed by atoms with E-state index in [0.717, 1.165) is 32.5 Å². The zero-order chi connectivity index (χ0) is 13.8. The van der Waals surface area contributed by atoms with E-state index >= 15 is 0 Å². The van der Waals surface area contributed by atoms with Gasteiger partial charge in [-0.3, -0.25) is 4.90 Å². The van der Waals surface area contributed by atoms with E-state index in [1.807, 2.05) is 0 Å². The molecular weight excluding hydrogens is 248 g/mol. The second-order valence-corrected chi connectivity index (χ2v) is 5.41. The lowest BCUT2D eigenvalue weighted by molar-refractivity contribution is 0.173. The highest BCUT2D eigenvalue weighted by Gasteiger charge is 2.27. The van der Waals surface area contributed by atoms with E-state index in [1.54, 1.807) is 0 Å². The van der Waals surface area contributed by atoms with E-state index in [9.17, 15) is 0 Å². The summed E-state index contributed by atoms with van der Waals surface area (Å²) in [6.07, 6.45) is 4.12. The minimum absolute atomic E-state index is 0.292. The Bertz CT molecular complexity index is 535. The first-order valence-electron chi connectivity index (χ1n) is 7.45. The van der Waals surface area contributed by atoms with Crippen molar-refractivity contribution < 1.29 is 5.11 Å². The number of hydrogen-bond acceptors (Lipinski definition) is 2. The SMILES string of the molecule is OCCCCN1CCn2cccc2C1c1ccccc1. The van der Waals surface area contributed by atoms with Gasteiger partial charge in [0.1, 0.15) is 0 Å². The first kappa shape index (κ1) is 13.4. The molecule has 1 atom stereocenters. The molecule has 0 saturated carbocycles. The second-order valence-electron chi connectivity index (χ2n) is 5.41. The Morgan fingerprint density at radius 3 is 2.65 bits per heavy atom. The summed E-state index contributed by atoms with van der Waals surface area (Å²) >= 11 is 0. The maximum atomic E-state index is 8.98. The number of benzene rings is 1. The van der Waals surface area contributed by atoms with E-state index in [0.29, 0.717) is 12.6 Å². The summed E-state index contributed by atoms with van der Waals surface area (Å²) in [6.45, 7) is 3.48. The van der Waals surface area contributed by atoms with Crippen LogP contribution in [0.25, 0.3) is 0 Å². The molecular formula is C17H22N2O. The van der Waals surface area contributed by atoms with Gasteiger partial charge in [0.15, 0.2) is 0 Å². The van der Waals surface area contributed by atoms with Gasteiger partial charge in [0.25, 0.3) is 0 Å². The van der Waals surface area contributed by atoms with Gasteiger partial charge in [-0.1, -0.05) is 30.3 Å². The van der Waals surface area contributed by atoms with E-state index in [4.69, 9.17) is 5.11 Å². The van der Waals surface area contributed by atoms with Crippen LogP contribution in [0, 0.1) is 0 Å². The topological polar surface area (TPSA) is 28.4 Å². The van der Waals surface area contributed by atoms with Gasteiger partial charge in [0, 0.05) is 31.6 Å². The Kier molecular flexibility index (Phi) is 4.19. The first-order valence-corrected chi connectivity index (χ1v) is 7.45. The van der Waals surface area contributed by atoms with Crippen LogP contribution < -0.4 is 0 Å². The van der Waals surface area contributed by atoms with Crippen LogP contribution in [-0.4, -0.2) is 34.3 Å². The van der Waals surface area contributed by atoms with Crippen molar-refractivity contribution in [1.82, 2.24) is 9.47 Å². The van der Waals surface area contributed by atoms with Crippen LogP contribution in [0.1, 0.15) is 30.1 Å². The minimum atomic E-state index is 0.292.